The summed E-state index contributed by atoms with van der Waals surface area (Å²) in [6.07, 6.45) is 0.761. The Labute approximate surface area is 207 Å². The summed E-state index contributed by atoms with van der Waals surface area (Å²) in [5, 5.41) is 5.92. The van der Waals surface area contributed by atoms with Gasteiger partial charge >= 0.3 is 0 Å². The summed E-state index contributed by atoms with van der Waals surface area (Å²) in [6, 6.07) is 27.2. The maximum atomic E-state index is 12.5. The van der Waals surface area contributed by atoms with Gasteiger partial charge in [0.05, 0.1) is 0 Å². The van der Waals surface area contributed by atoms with Crippen molar-refractivity contribution in [2.45, 2.75) is 34.1 Å². The topological polar surface area (TPSA) is 58.2 Å². The summed E-state index contributed by atoms with van der Waals surface area (Å²) in [5.41, 5.74) is 9.66. The molecular weight excluding hydrogens is 432 g/mol. The summed E-state index contributed by atoms with van der Waals surface area (Å²) in [4.78, 5) is 25.1. The Morgan fingerprint density at radius 3 is 1.23 bits per heavy atom. The minimum Gasteiger partial charge on any atom is -0.322 e. The number of nitrogens with one attached hydrogen (secondary N) is 2. The van der Waals surface area contributed by atoms with E-state index in [-0.39, 0.29) is 11.8 Å². The van der Waals surface area contributed by atoms with E-state index in [1.807, 2.05) is 113 Å². The van der Waals surface area contributed by atoms with Gasteiger partial charge in [0, 0.05) is 22.5 Å². The second-order valence-electron chi connectivity index (χ2n) is 9.08. The highest BCUT2D eigenvalue weighted by molar-refractivity contribution is 6.05. The van der Waals surface area contributed by atoms with E-state index < -0.39 is 0 Å². The summed E-state index contributed by atoms with van der Waals surface area (Å²) in [6.45, 7) is 8.08. The molecule has 4 nitrogen and oxygen atoms in total. The maximum Gasteiger partial charge on any atom is 0.255 e. The molecule has 2 amide bonds. The van der Waals surface area contributed by atoms with Gasteiger partial charge in [-0.2, -0.15) is 0 Å². The molecule has 4 heteroatoms. The van der Waals surface area contributed by atoms with E-state index in [4.69, 9.17) is 0 Å². The van der Waals surface area contributed by atoms with Crippen molar-refractivity contribution in [1.29, 1.82) is 0 Å². The van der Waals surface area contributed by atoms with E-state index in [1.165, 1.54) is 11.1 Å². The van der Waals surface area contributed by atoms with Gasteiger partial charge in [-0.1, -0.05) is 36.4 Å². The highest BCUT2D eigenvalue weighted by Crippen LogP contribution is 2.18. The van der Waals surface area contributed by atoms with Crippen LogP contribution in [0.1, 0.15) is 54.1 Å². The third kappa shape index (κ3) is 6.04. The molecule has 0 radical (unpaired) electrons. The predicted molar refractivity (Wildman–Crippen MR) is 143 cm³/mol. The summed E-state index contributed by atoms with van der Waals surface area (Å²) < 4.78 is 0. The van der Waals surface area contributed by atoms with Crippen LogP contribution in [-0.4, -0.2) is 11.8 Å². The zero-order chi connectivity index (χ0) is 24.9. The molecule has 4 rings (SSSR count). The van der Waals surface area contributed by atoms with Gasteiger partial charge in [0.2, 0.25) is 0 Å². The van der Waals surface area contributed by atoms with Crippen LogP contribution in [0.3, 0.4) is 0 Å². The molecule has 0 aromatic heterocycles. The van der Waals surface area contributed by atoms with Gasteiger partial charge in [0.1, 0.15) is 0 Å². The van der Waals surface area contributed by atoms with Crippen molar-refractivity contribution in [3.63, 3.8) is 0 Å². The van der Waals surface area contributed by atoms with Crippen molar-refractivity contribution in [2.24, 2.45) is 0 Å². The lowest BCUT2D eigenvalue weighted by Crippen LogP contribution is -2.12. The van der Waals surface area contributed by atoms with Gasteiger partial charge in [-0.3, -0.25) is 9.59 Å². The van der Waals surface area contributed by atoms with E-state index in [2.05, 4.69) is 10.6 Å². The highest BCUT2D eigenvalue weighted by atomic mass is 16.2. The monoisotopic (exact) mass is 462 g/mol. The smallest absolute Gasteiger partial charge is 0.255 e. The van der Waals surface area contributed by atoms with Crippen LogP contribution in [0.15, 0.2) is 84.9 Å². The molecule has 0 saturated heterocycles. The van der Waals surface area contributed by atoms with E-state index in [0.29, 0.717) is 11.1 Å². The van der Waals surface area contributed by atoms with Crippen LogP contribution >= 0.6 is 0 Å². The third-order valence-electron chi connectivity index (χ3n) is 6.37. The van der Waals surface area contributed by atoms with Gasteiger partial charge < -0.3 is 10.6 Å². The molecule has 4 aromatic carbocycles. The Morgan fingerprint density at radius 2 is 0.886 bits per heavy atom. The van der Waals surface area contributed by atoms with E-state index in [1.54, 1.807) is 0 Å². The molecule has 0 unspecified atom stereocenters. The average molecular weight is 463 g/mol. The third-order valence-corrected chi connectivity index (χ3v) is 6.37. The standard InChI is InChI=1S/C31H30N2O2/c1-20-5-11-26(17-22(20)3)30(34)32-28-13-7-24(8-14-28)19-25-9-15-29(16-10-25)33-31(35)27-12-6-21(2)23(4)18-27/h5-18H,19H2,1-4H3,(H,32,34)(H,33,35). The number of aryl methyl sites for hydroxylation is 4. The number of amides is 2. The number of benzene rings is 4. The normalized spacial score (nSPS) is 10.6. The Hall–Kier alpha value is -4.18. The molecule has 0 aliphatic heterocycles. The first-order valence-corrected chi connectivity index (χ1v) is 11.7. The first-order valence-electron chi connectivity index (χ1n) is 11.7. The minimum atomic E-state index is -0.112. The Morgan fingerprint density at radius 1 is 0.514 bits per heavy atom. The molecule has 35 heavy (non-hydrogen) atoms. The van der Waals surface area contributed by atoms with Gasteiger partial charge in [0.25, 0.3) is 11.8 Å². The fraction of sp³-hybridized carbons (Fsp3) is 0.161. The van der Waals surface area contributed by atoms with Gasteiger partial charge in [-0.25, -0.2) is 0 Å². The summed E-state index contributed by atoms with van der Waals surface area (Å²) in [7, 11) is 0. The van der Waals surface area contributed by atoms with Crippen LogP contribution in [-0.2, 0) is 6.42 Å². The van der Waals surface area contributed by atoms with E-state index in [0.717, 1.165) is 40.0 Å². The van der Waals surface area contributed by atoms with E-state index >= 15 is 0 Å². The van der Waals surface area contributed by atoms with Gasteiger partial charge in [-0.15, -0.1) is 0 Å². The molecule has 0 bridgehead atoms. The lowest BCUT2D eigenvalue weighted by Gasteiger charge is -2.10. The molecule has 176 valence electrons. The minimum absolute atomic E-state index is 0.112. The molecule has 2 N–H and O–H groups in total. The Bertz CT molecular complexity index is 1260. The van der Waals surface area contributed by atoms with Crippen LogP contribution in [0.4, 0.5) is 11.4 Å². The van der Waals surface area contributed by atoms with Crippen LogP contribution in [0, 0.1) is 27.7 Å². The first-order chi connectivity index (χ1) is 16.8. The number of anilines is 2. The van der Waals surface area contributed by atoms with Crippen molar-refractivity contribution >= 4 is 23.2 Å². The number of hydrogen-bond donors (Lipinski definition) is 2. The fourth-order valence-corrected chi connectivity index (χ4v) is 3.82. The van der Waals surface area contributed by atoms with Gasteiger partial charge in [-0.05, 0) is 116 Å². The molecule has 0 aliphatic carbocycles. The highest BCUT2D eigenvalue weighted by Gasteiger charge is 2.09. The Kier molecular flexibility index (Phi) is 7.11. The molecule has 0 atom stereocenters. The quantitative estimate of drug-likeness (QED) is 0.324. The predicted octanol–water partition coefficient (Wildman–Crippen LogP) is 7.02. The summed E-state index contributed by atoms with van der Waals surface area (Å²) in [5.74, 6) is -0.224. The van der Waals surface area contributed by atoms with Crippen molar-refractivity contribution in [2.75, 3.05) is 10.6 Å². The van der Waals surface area contributed by atoms with Crippen molar-refractivity contribution in [3.8, 4) is 0 Å². The lowest BCUT2D eigenvalue weighted by atomic mass is 10.0. The lowest BCUT2D eigenvalue weighted by molar-refractivity contribution is 0.101. The molecule has 0 aliphatic rings. The van der Waals surface area contributed by atoms with Crippen LogP contribution in [0.2, 0.25) is 0 Å². The first kappa shape index (κ1) is 24.0. The van der Waals surface area contributed by atoms with E-state index in [9.17, 15) is 9.59 Å². The van der Waals surface area contributed by atoms with Crippen LogP contribution < -0.4 is 10.6 Å². The molecule has 0 fully saturated rings. The average Bonchev–Trinajstić information content (AvgIpc) is 2.85. The molecular formula is C31H30N2O2. The van der Waals surface area contributed by atoms with Crippen molar-refractivity contribution < 1.29 is 9.59 Å². The molecule has 0 spiro atoms. The van der Waals surface area contributed by atoms with Crippen LogP contribution in [0.5, 0.6) is 0 Å². The van der Waals surface area contributed by atoms with Crippen molar-refractivity contribution in [3.05, 3.63) is 129 Å². The van der Waals surface area contributed by atoms with Crippen LogP contribution in [0.25, 0.3) is 0 Å². The molecule has 0 saturated carbocycles. The number of carbonyl (C=O) groups is 2. The van der Waals surface area contributed by atoms with Crippen molar-refractivity contribution in [1.82, 2.24) is 0 Å². The molecule has 0 heterocycles. The number of carbonyl (C=O) groups excluding carboxylic acids is 2. The fourth-order valence-electron chi connectivity index (χ4n) is 3.82. The Balaban J connectivity index is 1.34. The maximum absolute atomic E-state index is 12.5. The number of rotatable bonds is 6. The second kappa shape index (κ2) is 10.4. The zero-order valence-electron chi connectivity index (χ0n) is 20.6. The molecule has 4 aromatic rings. The zero-order valence-corrected chi connectivity index (χ0v) is 20.6. The van der Waals surface area contributed by atoms with Gasteiger partial charge in [0.15, 0.2) is 0 Å². The largest absolute Gasteiger partial charge is 0.322 e. The SMILES string of the molecule is Cc1ccc(C(=O)Nc2ccc(Cc3ccc(NC(=O)c4ccc(C)c(C)c4)cc3)cc2)cc1C. The number of hydrogen-bond acceptors (Lipinski definition) is 2. The second-order valence-corrected chi connectivity index (χ2v) is 9.08. The summed E-state index contributed by atoms with van der Waals surface area (Å²) >= 11 is 0.